The van der Waals surface area contributed by atoms with Crippen LogP contribution in [0.3, 0.4) is 0 Å². The van der Waals surface area contributed by atoms with Gasteiger partial charge >= 0.3 is 24.2 Å². The second-order valence-corrected chi connectivity index (χ2v) is 12.1. The molecule has 6 atom stereocenters. The van der Waals surface area contributed by atoms with Crippen LogP contribution in [0, 0.1) is 39.9 Å². The molecule has 1 aliphatic carbocycles. The summed E-state index contributed by atoms with van der Waals surface area (Å²) in [6.07, 6.45) is -12.5. The van der Waals surface area contributed by atoms with Gasteiger partial charge in [-0.15, -0.1) is 0 Å². The van der Waals surface area contributed by atoms with E-state index in [1.54, 1.807) is 19.9 Å². The molecule has 3 fully saturated rings. The molecule has 5 amide bonds. The first kappa shape index (κ1) is 29.1. The van der Waals surface area contributed by atoms with E-state index in [4.69, 9.17) is 2.74 Å². The summed E-state index contributed by atoms with van der Waals surface area (Å²) in [5.74, 6) is -11.6. The lowest BCUT2D eigenvalue weighted by molar-refractivity contribution is -0.210. The lowest BCUT2D eigenvalue weighted by Crippen LogP contribution is -2.65. The van der Waals surface area contributed by atoms with Gasteiger partial charge in [-0.2, -0.15) is 31.6 Å². The smallest absolute Gasteiger partial charge is 0.356 e. The zero-order valence-electron chi connectivity index (χ0n) is 24.7. The molecule has 0 aromatic rings. The number of amides is 5. The Morgan fingerprint density at radius 2 is 1.68 bits per heavy atom. The van der Waals surface area contributed by atoms with E-state index in [-0.39, 0.29) is 19.4 Å². The molecule has 0 unspecified atom stereocenters. The average molecular weight is 598 g/mol. The van der Waals surface area contributed by atoms with Crippen molar-refractivity contribution in [1.82, 2.24) is 20.4 Å². The minimum absolute atomic E-state index is 0.294. The Morgan fingerprint density at radius 1 is 1.15 bits per heavy atom. The lowest BCUT2D eigenvalue weighted by Gasteiger charge is -2.42. The van der Waals surface area contributed by atoms with Crippen LogP contribution in [0.4, 0.5) is 26.3 Å². The van der Waals surface area contributed by atoms with Crippen LogP contribution in [0.5, 0.6) is 0 Å². The monoisotopic (exact) mass is 597 g/mol. The highest BCUT2D eigenvalue weighted by atomic mass is 19.4. The van der Waals surface area contributed by atoms with Gasteiger partial charge in [-0.3, -0.25) is 28.9 Å². The summed E-state index contributed by atoms with van der Waals surface area (Å²) in [6, 6.07) is -3.73. The fraction of sp³-hybridized carbons (Fsp3) is 0.760. The number of nitrogens with one attached hydrogen (secondary N) is 2. The van der Waals surface area contributed by atoms with Crippen molar-refractivity contribution in [3.05, 3.63) is 0 Å². The van der Waals surface area contributed by atoms with E-state index in [9.17, 15) is 55.6 Å². The van der Waals surface area contributed by atoms with E-state index in [0.717, 1.165) is 25.7 Å². The van der Waals surface area contributed by atoms with Crippen molar-refractivity contribution in [2.45, 2.75) is 77.9 Å². The number of nitriles is 1. The number of nitrogens with zero attached hydrogens (tertiary/aromatic N) is 3. The zero-order valence-corrected chi connectivity index (χ0v) is 22.7. The number of halogens is 6. The molecule has 16 heteroatoms. The van der Waals surface area contributed by atoms with E-state index < -0.39 is 100.0 Å². The fourth-order valence-corrected chi connectivity index (χ4v) is 5.77. The number of imide groups is 1. The highest BCUT2D eigenvalue weighted by Gasteiger charge is 2.70. The van der Waals surface area contributed by atoms with Gasteiger partial charge in [-0.25, -0.2) is 0 Å². The maximum atomic E-state index is 13.8. The highest BCUT2D eigenvalue weighted by molar-refractivity contribution is 6.05. The van der Waals surface area contributed by atoms with Gasteiger partial charge < -0.3 is 15.5 Å². The Balaban J connectivity index is 1.97. The first-order valence-corrected chi connectivity index (χ1v) is 12.6. The van der Waals surface area contributed by atoms with Crippen LogP contribution >= 0.6 is 0 Å². The summed E-state index contributed by atoms with van der Waals surface area (Å²) in [6.45, 7) is 4.29. The maximum absolute atomic E-state index is 13.8. The third kappa shape index (κ3) is 6.13. The van der Waals surface area contributed by atoms with Crippen molar-refractivity contribution in [3.8, 4) is 6.07 Å². The predicted octanol–water partition coefficient (Wildman–Crippen LogP) is 1.90. The molecule has 3 rings (SSSR count). The van der Waals surface area contributed by atoms with E-state index in [0.29, 0.717) is 0 Å². The molecule has 10 nitrogen and oxygen atoms in total. The Morgan fingerprint density at radius 3 is 2.10 bits per heavy atom. The minimum atomic E-state index is -5.96. The van der Waals surface area contributed by atoms with E-state index >= 15 is 0 Å². The number of rotatable bonds is 6. The number of likely N-dealkylation sites (tertiary alicyclic amines) is 1. The Kier molecular flexibility index (Phi) is 7.44. The summed E-state index contributed by atoms with van der Waals surface area (Å²) in [4.78, 5) is 63.5. The third-order valence-electron chi connectivity index (χ3n) is 7.92. The molecule has 3 aliphatic rings. The summed E-state index contributed by atoms with van der Waals surface area (Å²) in [7, 11) is 0. The number of piperidine rings is 1. The number of hydrogen-bond donors (Lipinski definition) is 2. The second-order valence-electron chi connectivity index (χ2n) is 12.1. The van der Waals surface area contributed by atoms with E-state index in [1.165, 1.54) is 0 Å². The van der Waals surface area contributed by atoms with Crippen LogP contribution in [0.1, 0.15) is 50.2 Å². The quantitative estimate of drug-likeness (QED) is 0.449. The molecule has 2 N–H and O–H groups in total. The predicted molar refractivity (Wildman–Crippen MR) is 127 cm³/mol. The van der Waals surface area contributed by atoms with Gasteiger partial charge in [0.25, 0.3) is 0 Å². The van der Waals surface area contributed by atoms with Crippen molar-refractivity contribution >= 4 is 29.5 Å². The van der Waals surface area contributed by atoms with E-state index in [2.05, 4.69) is 10.6 Å². The van der Waals surface area contributed by atoms with Gasteiger partial charge in [0.15, 0.2) is 0 Å². The Hall–Kier alpha value is -3.38. The summed E-state index contributed by atoms with van der Waals surface area (Å²) in [5, 5.41) is 14.1. The van der Waals surface area contributed by atoms with Gasteiger partial charge in [0.05, 0.1) is 6.07 Å². The maximum Gasteiger partial charge on any atom is 0.471 e. The van der Waals surface area contributed by atoms with E-state index in [1.807, 2.05) is 0 Å². The molecule has 2 aliphatic heterocycles. The molecular formula is C25H31F6N5O5. The zero-order chi connectivity index (χ0) is 33.2. The number of carbonyl (C=O) groups is 5. The third-order valence-corrected chi connectivity index (χ3v) is 7.92. The topological polar surface area (TPSA) is 140 Å². The number of carbonyl (C=O) groups excluding carboxylic acids is 5. The molecule has 0 spiro atoms. The molecule has 2 saturated heterocycles. The molecule has 0 radical (unpaired) electrons. The summed E-state index contributed by atoms with van der Waals surface area (Å²) in [5.41, 5.74) is -2.46. The van der Waals surface area contributed by atoms with Crippen LogP contribution in [0.2, 0.25) is 0 Å². The van der Waals surface area contributed by atoms with Crippen LogP contribution in [0.15, 0.2) is 0 Å². The Bertz CT molecular complexity index is 1230. The lowest BCUT2D eigenvalue weighted by atomic mass is 9.83. The van der Waals surface area contributed by atoms with Crippen molar-refractivity contribution < 1.29 is 53.1 Å². The van der Waals surface area contributed by atoms with Gasteiger partial charge in [0.2, 0.25) is 17.7 Å². The van der Waals surface area contributed by atoms with Crippen molar-refractivity contribution in [2.75, 3.05) is 13.0 Å². The molecule has 228 valence electrons. The first-order chi connectivity index (χ1) is 19.3. The highest BCUT2D eigenvalue weighted by Crippen LogP contribution is 2.65. The molecule has 0 aromatic heterocycles. The average Bonchev–Trinajstić information content (AvgIpc) is 3.10. The van der Waals surface area contributed by atoms with Gasteiger partial charge in [0, 0.05) is 21.7 Å². The van der Waals surface area contributed by atoms with Crippen LogP contribution in [0.25, 0.3) is 0 Å². The van der Waals surface area contributed by atoms with Gasteiger partial charge in [0.1, 0.15) is 18.1 Å². The number of alkyl halides is 6. The van der Waals surface area contributed by atoms with Crippen molar-refractivity contribution in [1.29, 1.82) is 5.26 Å². The standard InChI is InChI=1S/C25H31F6N5O5/c1-22(2,3)16(36(20(40)24(26,27)28)21(41)25(29,30)31)19(39)35-10-13-14(23(13,4)5)15(35)18(38)34-12(9-32)8-11-6-7-33-17(11)37/h11-16H,6-8,10H2,1-5H3,(H,33,37)(H,34,38)/t11-,12-,13-,14-,15-,16+/m0/s1/i7D2. The second kappa shape index (κ2) is 10.5. The van der Waals surface area contributed by atoms with Crippen molar-refractivity contribution in [2.24, 2.45) is 28.6 Å². The first-order valence-electron chi connectivity index (χ1n) is 13.6. The summed E-state index contributed by atoms with van der Waals surface area (Å²) >= 11 is 0. The molecule has 41 heavy (non-hydrogen) atoms. The van der Waals surface area contributed by atoms with Crippen LogP contribution < -0.4 is 10.6 Å². The molecule has 0 bridgehead atoms. The van der Waals surface area contributed by atoms with Crippen LogP contribution in [-0.4, -0.2) is 82.9 Å². The Labute approximate surface area is 234 Å². The normalized spacial score (nSPS) is 28.7. The van der Waals surface area contributed by atoms with Gasteiger partial charge in [-0.1, -0.05) is 34.6 Å². The number of hydrogen-bond acceptors (Lipinski definition) is 6. The van der Waals surface area contributed by atoms with Gasteiger partial charge in [-0.05, 0) is 35.5 Å². The summed E-state index contributed by atoms with van der Waals surface area (Å²) < 4.78 is 96.1. The SMILES string of the molecule is [2H]C1([2H])C[C@@H](C[C@@H](C#N)NC(=O)[C@@H]2[C@@H]3[C@H](CN2C(=O)[C@@H](N(C(=O)C(F)(F)F)C(=O)C(F)(F)F)C(C)(C)C)C3(C)C)C(=O)N1. The molecule has 2 heterocycles. The van der Waals surface area contributed by atoms with Crippen LogP contribution in [-0.2, 0) is 24.0 Å². The largest absolute Gasteiger partial charge is 0.471 e. The molecular weight excluding hydrogens is 564 g/mol. The fourth-order valence-electron chi connectivity index (χ4n) is 5.77. The molecule has 1 saturated carbocycles. The molecule has 0 aromatic carbocycles. The number of fused-ring (bicyclic) bond motifs is 1. The van der Waals surface area contributed by atoms with Crippen molar-refractivity contribution in [3.63, 3.8) is 0 Å². The minimum Gasteiger partial charge on any atom is -0.356 e.